The van der Waals surface area contributed by atoms with Crippen molar-refractivity contribution in [2.45, 2.75) is 24.7 Å². The highest BCUT2D eigenvalue weighted by atomic mass is 32.2. The third kappa shape index (κ3) is 4.53. The van der Waals surface area contributed by atoms with Crippen LogP contribution >= 0.6 is 0 Å². The molecule has 0 spiro atoms. The van der Waals surface area contributed by atoms with E-state index < -0.39 is 16.0 Å². The van der Waals surface area contributed by atoms with Gasteiger partial charge in [0, 0.05) is 13.1 Å². The lowest BCUT2D eigenvalue weighted by Crippen LogP contribution is -2.39. The number of nitrogens with zero attached hydrogens (tertiary/aromatic N) is 1. The smallest absolute Gasteiger partial charge is 0.335 e. The quantitative estimate of drug-likeness (QED) is 0.825. The van der Waals surface area contributed by atoms with E-state index in [2.05, 4.69) is 16.5 Å². The summed E-state index contributed by atoms with van der Waals surface area (Å²) >= 11 is 0. The highest BCUT2D eigenvalue weighted by Gasteiger charge is 2.17. The van der Waals surface area contributed by atoms with E-state index in [0.717, 1.165) is 31.8 Å². The second-order valence-electron chi connectivity index (χ2n) is 5.75. The molecule has 0 aromatic heterocycles. The van der Waals surface area contributed by atoms with Crippen molar-refractivity contribution in [3.8, 4) is 0 Å². The minimum Gasteiger partial charge on any atom is -0.478 e. The first-order valence-electron chi connectivity index (χ1n) is 7.44. The molecule has 0 radical (unpaired) electrons. The topological polar surface area (TPSA) is 86.7 Å². The highest BCUT2D eigenvalue weighted by Crippen LogP contribution is 2.15. The molecule has 7 heteroatoms. The van der Waals surface area contributed by atoms with Gasteiger partial charge in [0.2, 0.25) is 10.0 Å². The van der Waals surface area contributed by atoms with Crippen molar-refractivity contribution in [3.05, 3.63) is 29.8 Å². The van der Waals surface area contributed by atoms with Crippen LogP contribution in [0.25, 0.3) is 0 Å². The van der Waals surface area contributed by atoms with Crippen LogP contribution in [0.1, 0.15) is 30.1 Å². The third-order valence-electron chi connectivity index (χ3n) is 4.01. The van der Waals surface area contributed by atoms with Crippen LogP contribution in [0.15, 0.2) is 29.2 Å². The summed E-state index contributed by atoms with van der Waals surface area (Å²) in [6.45, 7) is 5.31. The Morgan fingerprint density at radius 2 is 1.86 bits per heavy atom. The largest absolute Gasteiger partial charge is 0.478 e. The van der Waals surface area contributed by atoms with Crippen molar-refractivity contribution in [2.75, 3.05) is 26.2 Å². The summed E-state index contributed by atoms with van der Waals surface area (Å²) in [6.07, 6.45) is 2.31. The number of rotatable bonds is 6. The zero-order valence-electron chi connectivity index (χ0n) is 12.7. The Hall–Kier alpha value is -1.44. The monoisotopic (exact) mass is 326 g/mol. The van der Waals surface area contributed by atoms with E-state index in [1.165, 1.54) is 24.3 Å². The van der Waals surface area contributed by atoms with Gasteiger partial charge in [-0.2, -0.15) is 0 Å². The van der Waals surface area contributed by atoms with Crippen LogP contribution in [0.2, 0.25) is 0 Å². The molecule has 22 heavy (non-hydrogen) atoms. The maximum Gasteiger partial charge on any atom is 0.335 e. The molecule has 1 heterocycles. The second kappa shape index (κ2) is 7.21. The normalized spacial score (nSPS) is 17.5. The van der Waals surface area contributed by atoms with Crippen LogP contribution in [0.3, 0.4) is 0 Å². The molecular weight excluding hydrogens is 304 g/mol. The Kier molecular flexibility index (Phi) is 5.55. The fourth-order valence-electron chi connectivity index (χ4n) is 2.48. The van der Waals surface area contributed by atoms with Gasteiger partial charge in [0.25, 0.3) is 0 Å². The molecule has 1 fully saturated rings. The average molecular weight is 326 g/mol. The maximum absolute atomic E-state index is 12.1. The number of hydrogen-bond acceptors (Lipinski definition) is 4. The summed E-state index contributed by atoms with van der Waals surface area (Å²) in [6, 6.07) is 5.22. The highest BCUT2D eigenvalue weighted by molar-refractivity contribution is 7.89. The molecule has 6 nitrogen and oxygen atoms in total. The molecule has 0 bridgehead atoms. The molecule has 1 aromatic carbocycles. The molecule has 0 aliphatic carbocycles. The lowest BCUT2D eigenvalue weighted by Gasteiger charge is -2.30. The van der Waals surface area contributed by atoms with Gasteiger partial charge in [-0.25, -0.2) is 17.9 Å². The lowest BCUT2D eigenvalue weighted by molar-refractivity contribution is 0.0696. The van der Waals surface area contributed by atoms with Crippen molar-refractivity contribution < 1.29 is 18.3 Å². The van der Waals surface area contributed by atoms with E-state index in [9.17, 15) is 13.2 Å². The first-order valence-corrected chi connectivity index (χ1v) is 8.92. The fourth-order valence-corrected chi connectivity index (χ4v) is 3.50. The van der Waals surface area contributed by atoms with E-state index in [1.807, 2.05) is 0 Å². The molecule has 0 amide bonds. The van der Waals surface area contributed by atoms with Gasteiger partial charge in [0.15, 0.2) is 0 Å². The number of nitrogens with one attached hydrogen (secondary N) is 1. The van der Waals surface area contributed by atoms with E-state index in [-0.39, 0.29) is 10.5 Å². The van der Waals surface area contributed by atoms with Crippen LogP contribution in [-0.4, -0.2) is 50.6 Å². The van der Waals surface area contributed by atoms with Crippen LogP contribution in [0, 0.1) is 5.92 Å². The van der Waals surface area contributed by atoms with Crippen molar-refractivity contribution >= 4 is 16.0 Å². The maximum atomic E-state index is 12.1. The molecule has 1 aromatic rings. The van der Waals surface area contributed by atoms with Gasteiger partial charge in [0.05, 0.1) is 10.5 Å². The SMILES string of the molecule is CC1CCN(CCNS(=O)(=O)c2ccc(C(=O)O)cc2)CC1. The first-order chi connectivity index (χ1) is 10.4. The number of carboxylic acid groups (broad SMARTS) is 1. The van der Waals surface area contributed by atoms with Crippen molar-refractivity contribution in [3.63, 3.8) is 0 Å². The van der Waals surface area contributed by atoms with Gasteiger partial charge in [-0.15, -0.1) is 0 Å². The Bertz CT molecular complexity index is 605. The lowest BCUT2D eigenvalue weighted by atomic mass is 9.99. The molecule has 2 N–H and O–H groups in total. The minimum absolute atomic E-state index is 0.0707. The number of carboxylic acids is 1. The summed E-state index contributed by atoms with van der Waals surface area (Å²) in [7, 11) is -3.58. The molecule has 1 aliphatic heterocycles. The summed E-state index contributed by atoms with van der Waals surface area (Å²) < 4.78 is 26.8. The van der Waals surface area contributed by atoms with Crippen LogP contribution in [-0.2, 0) is 10.0 Å². The summed E-state index contributed by atoms with van der Waals surface area (Å²) in [5.74, 6) is -0.322. The van der Waals surface area contributed by atoms with Crippen molar-refractivity contribution in [1.29, 1.82) is 0 Å². The Labute approximate surface area is 131 Å². The Morgan fingerprint density at radius 3 is 2.41 bits per heavy atom. The number of carbonyl (C=O) groups is 1. The van der Waals surface area contributed by atoms with E-state index in [4.69, 9.17) is 5.11 Å². The Balaban J connectivity index is 1.87. The molecule has 0 unspecified atom stereocenters. The molecular formula is C15H22N2O4S. The van der Waals surface area contributed by atoms with E-state index in [1.54, 1.807) is 0 Å². The predicted molar refractivity (Wildman–Crippen MR) is 83.4 cm³/mol. The number of benzene rings is 1. The predicted octanol–water partition coefficient (Wildman–Crippen LogP) is 1.39. The van der Waals surface area contributed by atoms with Crippen molar-refractivity contribution in [1.82, 2.24) is 9.62 Å². The average Bonchev–Trinajstić information content (AvgIpc) is 2.49. The number of hydrogen-bond donors (Lipinski definition) is 2. The van der Waals surface area contributed by atoms with E-state index >= 15 is 0 Å². The van der Waals surface area contributed by atoms with E-state index in [0.29, 0.717) is 13.1 Å². The number of sulfonamides is 1. The van der Waals surface area contributed by atoms with Crippen LogP contribution < -0.4 is 4.72 Å². The van der Waals surface area contributed by atoms with Gasteiger partial charge in [-0.1, -0.05) is 6.92 Å². The number of piperidine rings is 1. The molecule has 1 aliphatic rings. The zero-order valence-corrected chi connectivity index (χ0v) is 13.5. The van der Waals surface area contributed by atoms with Gasteiger partial charge in [0.1, 0.15) is 0 Å². The molecule has 122 valence electrons. The molecule has 0 atom stereocenters. The van der Waals surface area contributed by atoms with Crippen molar-refractivity contribution in [2.24, 2.45) is 5.92 Å². The van der Waals surface area contributed by atoms with Crippen LogP contribution in [0.5, 0.6) is 0 Å². The van der Waals surface area contributed by atoms with Gasteiger partial charge in [-0.3, -0.25) is 0 Å². The third-order valence-corrected chi connectivity index (χ3v) is 5.48. The van der Waals surface area contributed by atoms with Gasteiger partial charge in [-0.05, 0) is 56.1 Å². The standard InChI is InChI=1S/C15H22N2O4S/c1-12-6-9-17(10-7-12)11-8-16-22(20,21)14-4-2-13(3-5-14)15(18)19/h2-5,12,16H,6-11H2,1H3,(H,18,19). The van der Waals surface area contributed by atoms with Gasteiger partial charge >= 0.3 is 5.97 Å². The zero-order chi connectivity index (χ0) is 16.2. The first kappa shape index (κ1) is 16.9. The summed E-state index contributed by atoms with van der Waals surface area (Å²) in [5, 5.41) is 8.81. The number of aromatic carboxylic acids is 1. The van der Waals surface area contributed by atoms with Crippen LogP contribution in [0.4, 0.5) is 0 Å². The minimum atomic E-state index is -3.58. The Morgan fingerprint density at radius 1 is 1.27 bits per heavy atom. The molecule has 0 saturated carbocycles. The summed E-state index contributed by atoms with van der Waals surface area (Å²) in [4.78, 5) is 13.1. The molecule has 2 rings (SSSR count). The molecule has 1 saturated heterocycles. The second-order valence-corrected chi connectivity index (χ2v) is 7.52. The number of likely N-dealkylation sites (tertiary alicyclic amines) is 1. The summed E-state index contributed by atoms with van der Waals surface area (Å²) in [5.41, 5.74) is 0.0707. The fraction of sp³-hybridized carbons (Fsp3) is 0.533. The van der Waals surface area contributed by atoms with Gasteiger partial charge < -0.3 is 10.0 Å².